The molecule has 28 heavy (non-hydrogen) atoms. The summed E-state index contributed by atoms with van der Waals surface area (Å²) in [5.74, 6) is 1.47. The maximum Gasteiger partial charge on any atom is 0.146 e. The van der Waals surface area contributed by atoms with Gasteiger partial charge < -0.3 is 5.73 Å². The number of aryl methyl sites for hydroxylation is 2. The highest BCUT2D eigenvalue weighted by molar-refractivity contribution is 7.19. The van der Waals surface area contributed by atoms with Crippen LogP contribution < -0.4 is 5.73 Å². The van der Waals surface area contributed by atoms with Crippen LogP contribution in [0.3, 0.4) is 0 Å². The second kappa shape index (κ2) is 7.45. The molecule has 0 bridgehead atoms. The van der Waals surface area contributed by atoms with Gasteiger partial charge in [0, 0.05) is 11.4 Å². The Hall–Kier alpha value is -1.98. The van der Waals surface area contributed by atoms with E-state index in [1.54, 1.807) is 0 Å². The zero-order valence-electron chi connectivity index (χ0n) is 17.4. The largest absolute Gasteiger partial charge is 0.383 e. The molecule has 0 atom stereocenters. The number of hydrogen-bond acceptors (Lipinski definition) is 5. The third-order valence-electron chi connectivity index (χ3n) is 5.57. The molecule has 1 aliphatic rings. The van der Waals surface area contributed by atoms with Crippen LogP contribution in [-0.2, 0) is 31.3 Å². The topological polar surface area (TPSA) is 55.0 Å². The van der Waals surface area contributed by atoms with E-state index < -0.39 is 0 Å². The molecule has 0 radical (unpaired) electrons. The first kappa shape index (κ1) is 19.3. The predicted octanol–water partition coefficient (Wildman–Crippen LogP) is 5.08. The molecular formula is C23H30N4S. The Labute approximate surface area is 171 Å². The molecule has 1 aliphatic carbocycles. The number of benzene rings is 1. The van der Waals surface area contributed by atoms with Gasteiger partial charge in [-0.25, -0.2) is 9.97 Å². The summed E-state index contributed by atoms with van der Waals surface area (Å²) in [7, 11) is 2.11. The smallest absolute Gasteiger partial charge is 0.146 e. The fourth-order valence-corrected chi connectivity index (χ4v) is 5.31. The van der Waals surface area contributed by atoms with Gasteiger partial charge >= 0.3 is 0 Å². The fourth-order valence-electron chi connectivity index (χ4n) is 4.02. The number of fused-ring (bicyclic) bond motifs is 3. The van der Waals surface area contributed by atoms with Crippen LogP contribution in [0.4, 0.5) is 5.82 Å². The van der Waals surface area contributed by atoms with Crippen molar-refractivity contribution in [1.29, 1.82) is 0 Å². The minimum atomic E-state index is 0.186. The number of thiophene rings is 1. The van der Waals surface area contributed by atoms with E-state index in [1.165, 1.54) is 34.4 Å². The van der Waals surface area contributed by atoms with E-state index >= 15 is 0 Å². The lowest BCUT2D eigenvalue weighted by Gasteiger charge is -2.20. The van der Waals surface area contributed by atoms with E-state index in [0.29, 0.717) is 12.4 Å². The lowest BCUT2D eigenvalue weighted by Crippen LogP contribution is -2.19. The summed E-state index contributed by atoms with van der Waals surface area (Å²) in [6.45, 7) is 8.30. The van der Waals surface area contributed by atoms with Crippen molar-refractivity contribution >= 4 is 27.4 Å². The lowest BCUT2D eigenvalue weighted by atomic mass is 9.87. The molecule has 4 nitrogen and oxygen atoms in total. The molecule has 0 unspecified atom stereocenters. The van der Waals surface area contributed by atoms with Crippen molar-refractivity contribution in [1.82, 2.24) is 14.9 Å². The highest BCUT2D eigenvalue weighted by atomic mass is 32.1. The van der Waals surface area contributed by atoms with Gasteiger partial charge in [-0.3, -0.25) is 4.90 Å². The third-order valence-corrected chi connectivity index (χ3v) is 6.76. The van der Waals surface area contributed by atoms with Gasteiger partial charge in [0.05, 0.1) is 11.9 Å². The van der Waals surface area contributed by atoms with Gasteiger partial charge in [0.2, 0.25) is 0 Å². The Balaban J connectivity index is 1.50. The number of aromatic nitrogens is 2. The van der Waals surface area contributed by atoms with Crippen LogP contribution in [0.1, 0.15) is 61.0 Å². The lowest BCUT2D eigenvalue weighted by molar-refractivity contribution is 0.311. The van der Waals surface area contributed by atoms with E-state index in [4.69, 9.17) is 10.7 Å². The van der Waals surface area contributed by atoms with Gasteiger partial charge in [-0.2, -0.15) is 0 Å². The molecule has 2 aromatic heterocycles. The molecule has 3 aromatic rings. The summed E-state index contributed by atoms with van der Waals surface area (Å²) >= 11 is 1.81. The van der Waals surface area contributed by atoms with Crippen LogP contribution in [-0.4, -0.2) is 21.9 Å². The molecule has 2 heterocycles. The van der Waals surface area contributed by atoms with Gasteiger partial charge in [-0.1, -0.05) is 45.0 Å². The summed E-state index contributed by atoms with van der Waals surface area (Å²) in [6.07, 6.45) is 4.80. The highest BCUT2D eigenvalue weighted by Crippen LogP contribution is 2.37. The molecule has 0 aliphatic heterocycles. The van der Waals surface area contributed by atoms with E-state index in [9.17, 15) is 0 Å². The molecule has 0 saturated heterocycles. The zero-order chi connectivity index (χ0) is 19.9. The molecule has 0 amide bonds. The van der Waals surface area contributed by atoms with E-state index in [0.717, 1.165) is 35.4 Å². The van der Waals surface area contributed by atoms with Crippen molar-refractivity contribution in [2.45, 2.75) is 65.0 Å². The van der Waals surface area contributed by atoms with E-state index in [-0.39, 0.29) is 5.41 Å². The number of rotatable bonds is 4. The Morgan fingerprint density at radius 3 is 2.46 bits per heavy atom. The van der Waals surface area contributed by atoms with Crippen LogP contribution in [0.15, 0.2) is 24.3 Å². The van der Waals surface area contributed by atoms with Crippen LogP contribution in [0.2, 0.25) is 0 Å². The van der Waals surface area contributed by atoms with Crippen molar-refractivity contribution in [3.8, 4) is 0 Å². The van der Waals surface area contributed by atoms with Gasteiger partial charge in [0.15, 0.2) is 0 Å². The Morgan fingerprint density at radius 1 is 1.04 bits per heavy atom. The van der Waals surface area contributed by atoms with Gasteiger partial charge in [0.25, 0.3) is 0 Å². The van der Waals surface area contributed by atoms with Crippen LogP contribution in [0.25, 0.3) is 10.2 Å². The standard InChI is InChI=1S/C23H30N4S/c1-23(2,3)16-11-9-15(10-12-16)13-27(4)14-19-25-21(24)20-17-7-5-6-8-18(17)28-22(20)26-19/h9-12H,5-8,13-14H2,1-4H3,(H2,24,25,26). The quantitative estimate of drug-likeness (QED) is 0.670. The predicted molar refractivity (Wildman–Crippen MR) is 119 cm³/mol. The summed E-state index contributed by atoms with van der Waals surface area (Å²) in [5.41, 5.74) is 10.6. The van der Waals surface area contributed by atoms with E-state index in [1.807, 2.05) is 11.3 Å². The minimum Gasteiger partial charge on any atom is -0.383 e. The molecule has 0 spiro atoms. The van der Waals surface area contributed by atoms with Crippen LogP contribution >= 0.6 is 11.3 Å². The average Bonchev–Trinajstić information content (AvgIpc) is 3.00. The first-order valence-corrected chi connectivity index (χ1v) is 11.0. The summed E-state index contributed by atoms with van der Waals surface area (Å²) in [4.78, 5) is 14.3. The van der Waals surface area contributed by atoms with Crippen LogP contribution in [0.5, 0.6) is 0 Å². The molecule has 148 valence electrons. The normalized spacial score (nSPS) is 14.6. The second-order valence-corrected chi connectivity index (χ2v) is 10.1. The maximum atomic E-state index is 6.35. The fraction of sp³-hybridized carbons (Fsp3) is 0.478. The summed E-state index contributed by atoms with van der Waals surface area (Å²) in [6, 6.07) is 8.92. The molecule has 2 N–H and O–H groups in total. The monoisotopic (exact) mass is 394 g/mol. The van der Waals surface area contributed by atoms with Crippen molar-refractivity contribution in [3.63, 3.8) is 0 Å². The molecular weight excluding hydrogens is 364 g/mol. The molecule has 1 aromatic carbocycles. The molecule has 0 fully saturated rings. The molecule has 4 rings (SSSR count). The number of anilines is 1. The number of nitrogen functional groups attached to an aromatic ring is 1. The van der Waals surface area contributed by atoms with Crippen molar-refractivity contribution < 1.29 is 0 Å². The number of nitrogens with two attached hydrogens (primary N) is 1. The Bertz CT molecular complexity index is 982. The molecule has 5 heteroatoms. The van der Waals surface area contributed by atoms with E-state index in [2.05, 4.69) is 62.0 Å². The van der Waals surface area contributed by atoms with Crippen molar-refractivity contribution in [2.24, 2.45) is 0 Å². The highest BCUT2D eigenvalue weighted by Gasteiger charge is 2.20. The van der Waals surface area contributed by atoms with Crippen molar-refractivity contribution in [2.75, 3.05) is 12.8 Å². The first-order chi connectivity index (χ1) is 13.3. The van der Waals surface area contributed by atoms with Gasteiger partial charge in [-0.05, 0) is 54.8 Å². The average molecular weight is 395 g/mol. The van der Waals surface area contributed by atoms with Crippen LogP contribution in [0, 0.1) is 0 Å². The Morgan fingerprint density at radius 2 is 1.75 bits per heavy atom. The number of nitrogens with zero attached hydrogens (tertiary/aromatic N) is 3. The SMILES string of the molecule is CN(Cc1ccc(C(C)(C)C)cc1)Cc1nc(N)c2c3c(sc2n1)CCCC3. The first-order valence-electron chi connectivity index (χ1n) is 10.2. The second-order valence-electron chi connectivity index (χ2n) is 9.04. The maximum absolute atomic E-state index is 6.35. The van der Waals surface area contributed by atoms with Gasteiger partial charge in [-0.15, -0.1) is 11.3 Å². The summed E-state index contributed by atoms with van der Waals surface area (Å²) < 4.78 is 0. The Kier molecular flexibility index (Phi) is 5.15. The van der Waals surface area contributed by atoms with Gasteiger partial charge in [0.1, 0.15) is 16.5 Å². The number of hydrogen-bond donors (Lipinski definition) is 1. The molecule has 0 saturated carbocycles. The minimum absolute atomic E-state index is 0.186. The van der Waals surface area contributed by atoms with Crippen molar-refractivity contribution in [3.05, 3.63) is 51.7 Å². The summed E-state index contributed by atoms with van der Waals surface area (Å²) in [5, 5.41) is 1.11. The third kappa shape index (κ3) is 3.91. The zero-order valence-corrected chi connectivity index (χ0v) is 18.2.